The van der Waals surface area contributed by atoms with Crippen LogP contribution in [0.25, 0.3) is 0 Å². The molecule has 1 aromatic rings. The zero-order chi connectivity index (χ0) is 20.5. The average molecular weight is 399 g/mol. The number of likely N-dealkylation sites (tertiary alicyclic amines) is 1. The summed E-state index contributed by atoms with van der Waals surface area (Å²) < 4.78 is 11.0. The number of nitrogens with zero attached hydrogens (tertiary/aromatic N) is 1. The van der Waals surface area contributed by atoms with Crippen LogP contribution in [0, 0.1) is 6.92 Å². The molecule has 0 aromatic heterocycles. The van der Waals surface area contributed by atoms with Crippen LogP contribution in [0.5, 0.6) is 5.75 Å². The van der Waals surface area contributed by atoms with E-state index in [2.05, 4.69) is 5.32 Å². The number of hydrogen-bond donors (Lipinski definition) is 2. The molecule has 0 bridgehead atoms. The zero-order valence-corrected chi connectivity index (χ0v) is 17.3. The molecular weight excluding hydrogens is 372 g/mol. The lowest BCUT2D eigenvalue weighted by Gasteiger charge is -2.39. The number of carbonyl (C=O) groups is 2. The molecular formula is C19H27ClN2O5. The monoisotopic (exact) mass is 398 g/mol. The maximum Gasteiger partial charge on any atom is 0.408 e. The fourth-order valence-electron chi connectivity index (χ4n) is 3.19. The van der Waals surface area contributed by atoms with E-state index in [1.54, 1.807) is 33.9 Å². The van der Waals surface area contributed by atoms with Gasteiger partial charge in [-0.05, 0) is 46.2 Å². The van der Waals surface area contributed by atoms with E-state index in [1.807, 2.05) is 13.8 Å². The second kappa shape index (κ2) is 7.84. The van der Waals surface area contributed by atoms with Crippen LogP contribution >= 0.6 is 11.6 Å². The minimum absolute atomic E-state index is 0.00206. The van der Waals surface area contributed by atoms with Gasteiger partial charge >= 0.3 is 12.2 Å². The molecule has 0 spiro atoms. The van der Waals surface area contributed by atoms with Gasteiger partial charge in [-0.3, -0.25) is 0 Å². The number of rotatable bonds is 4. The van der Waals surface area contributed by atoms with Crippen molar-refractivity contribution in [3.05, 3.63) is 27.8 Å². The van der Waals surface area contributed by atoms with Gasteiger partial charge in [-0.15, -0.1) is 0 Å². The third-order valence-corrected chi connectivity index (χ3v) is 4.91. The molecule has 1 saturated heterocycles. The first-order valence-corrected chi connectivity index (χ1v) is 9.16. The molecule has 0 radical (unpaired) electrons. The van der Waals surface area contributed by atoms with Crippen molar-refractivity contribution in [2.45, 2.75) is 52.2 Å². The van der Waals surface area contributed by atoms with Crippen molar-refractivity contribution in [2.75, 3.05) is 20.2 Å². The lowest BCUT2D eigenvalue weighted by molar-refractivity contribution is 0.0507. The van der Waals surface area contributed by atoms with Crippen LogP contribution in [0.1, 0.15) is 56.3 Å². The molecule has 1 unspecified atom stereocenters. The van der Waals surface area contributed by atoms with E-state index in [0.717, 1.165) is 16.7 Å². The van der Waals surface area contributed by atoms with Gasteiger partial charge in [-0.25, -0.2) is 9.59 Å². The largest absolute Gasteiger partial charge is 0.496 e. The van der Waals surface area contributed by atoms with E-state index in [-0.39, 0.29) is 5.92 Å². The molecule has 1 heterocycles. The van der Waals surface area contributed by atoms with Crippen LogP contribution in [0.4, 0.5) is 9.59 Å². The minimum atomic E-state index is -0.940. The van der Waals surface area contributed by atoms with Crippen LogP contribution in [0.2, 0.25) is 5.02 Å². The van der Waals surface area contributed by atoms with Gasteiger partial charge in [0, 0.05) is 35.2 Å². The van der Waals surface area contributed by atoms with Crippen molar-refractivity contribution >= 4 is 23.8 Å². The average Bonchev–Trinajstić information content (AvgIpc) is 2.47. The Bertz CT molecular complexity index is 739. The quantitative estimate of drug-likeness (QED) is 0.788. The Morgan fingerprint density at radius 1 is 1.37 bits per heavy atom. The fourth-order valence-corrected chi connectivity index (χ4v) is 3.40. The van der Waals surface area contributed by atoms with Crippen LogP contribution in [-0.2, 0) is 4.74 Å². The molecule has 0 aliphatic carbocycles. The molecule has 7 nitrogen and oxygen atoms in total. The van der Waals surface area contributed by atoms with Crippen LogP contribution < -0.4 is 10.1 Å². The Kier molecular flexibility index (Phi) is 6.14. The maximum atomic E-state index is 12.1. The minimum Gasteiger partial charge on any atom is -0.496 e. The first kappa shape index (κ1) is 21.2. The number of halogens is 1. The summed E-state index contributed by atoms with van der Waals surface area (Å²) in [5.74, 6) is 0.623. The number of methoxy groups -OCH3 is 1. The predicted octanol–water partition coefficient (Wildman–Crippen LogP) is 4.32. The van der Waals surface area contributed by atoms with Gasteiger partial charge < -0.3 is 24.8 Å². The van der Waals surface area contributed by atoms with Gasteiger partial charge in [0.15, 0.2) is 0 Å². The molecule has 2 amide bonds. The number of ether oxygens (including phenoxy) is 2. The molecule has 8 heteroatoms. The van der Waals surface area contributed by atoms with Gasteiger partial charge in [0.05, 0.1) is 13.2 Å². The zero-order valence-electron chi connectivity index (χ0n) is 16.6. The molecule has 2 rings (SSSR count). The second-order valence-corrected chi connectivity index (χ2v) is 8.18. The van der Waals surface area contributed by atoms with Crippen molar-refractivity contribution in [1.29, 1.82) is 0 Å². The highest BCUT2D eigenvalue weighted by Crippen LogP contribution is 2.43. The van der Waals surface area contributed by atoms with E-state index in [0.29, 0.717) is 23.9 Å². The predicted molar refractivity (Wildman–Crippen MR) is 103 cm³/mol. The lowest BCUT2D eigenvalue weighted by Crippen LogP contribution is -2.48. The van der Waals surface area contributed by atoms with E-state index in [4.69, 9.17) is 26.2 Å². The van der Waals surface area contributed by atoms with E-state index in [9.17, 15) is 9.59 Å². The summed E-state index contributed by atoms with van der Waals surface area (Å²) in [5, 5.41) is 12.4. The fraction of sp³-hybridized carbons (Fsp3) is 0.579. The Balaban J connectivity index is 2.32. The van der Waals surface area contributed by atoms with Crippen molar-refractivity contribution < 1.29 is 24.2 Å². The smallest absolute Gasteiger partial charge is 0.408 e. The molecule has 2 N–H and O–H groups in total. The number of alkyl carbamates (subject to hydrolysis) is 1. The SMILES string of the molecule is COc1c(C(C)NC(=O)OC(C)(C)C)cc(Cl)c(C)c1C1CN(C(=O)O)C1. The van der Waals surface area contributed by atoms with Crippen LogP contribution in [0.3, 0.4) is 0 Å². The Labute approximate surface area is 164 Å². The lowest BCUT2D eigenvalue weighted by atomic mass is 9.85. The van der Waals surface area contributed by atoms with E-state index >= 15 is 0 Å². The Morgan fingerprint density at radius 3 is 2.44 bits per heavy atom. The summed E-state index contributed by atoms with van der Waals surface area (Å²) in [6.45, 7) is 9.87. The molecule has 150 valence electrons. The Hall–Kier alpha value is -2.15. The van der Waals surface area contributed by atoms with Crippen molar-refractivity contribution in [3.8, 4) is 5.75 Å². The topological polar surface area (TPSA) is 88.1 Å². The standard InChI is InChI=1S/C19H27ClN2O5/c1-10-14(20)7-13(11(2)21-17(23)27-19(3,4)5)16(26-6)15(10)12-8-22(9-12)18(24)25/h7,11-12H,8-9H2,1-6H3,(H,21,23)(H,24,25). The number of hydrogen-bond acceptors (Lipinski definition) is 4. The van der Waals surface area contributed by atoms with Gasteiger partial charge in [0.1, 0.15) is 11.4 Å². The first-order valence-electron chi connectivity index (χ1n) is 8.78. The normalized spacial score (nSPS) is 15.7. The van der Waals surface area contributed by atoms with Gasteiger partial charge in [-0.2, -0.15) is 0 Å². The van der Waals surface area contributed by atoms with Crippen molar-refractivity contribution in [3.63, 3.8) is 0 Å². The molecule has 1 aliphatic rings. The number of carbonyl (C=O) groups excluding carboxylic acids is 1. The van der Waals surface area contributed by atoms with Gasteiger partial charge in [-0.1, -0.05) is 11.6 Å². The highest BCUT2D eigenvalue weighted by molar-refractivity contribution is 6.31. The third kappa shape index (κ3) is 4.77. The number of amides is 2. The van der Waals surface area contributed by atoms with Crippen LogP contribution in [0.15, 0.2) is 6.07 Å². The van der Waals surface area contributed by atoms with E-state index in [1.165, 1.54) is 4.90 Å². The number of nitrogens with one attached hydrogen (secondary N) is 1. The molecule has 1 aliphatic heterocycles. The summed E-state index contributed by atoms with van der Waals surface area (Å²) >= 11 is 6.43. The molecule has 1 aromatic carbocycles. The summed E-state index contributed by atoms with van der Waals surface area (Å²) in [4.78, 5) is 24.5. The van der Waals surface area contributed by atoms with Crippen molar-refractivity contribution in [1.82, 2.24) is 10.2 Å². The van der Waals surface area contributed by atoms with Crippen LogP contribution in [-0.4, -0.2) is 48.0 Å². The number of carboxylic acid groups (broad SMARTS) is 1. The van der Waals surface area contributed by atoms with E-state index < -0.39 is 23.8 Å². The van der Waals surface area contributed by atoms with Gasteiger partial charge in [0.25, 0.3) is 0 Å². The highest BCUT2D eigenvalue weighted by Gasteiger charge is 2.36. The van der Waals surface area contributed by atoms with Crippen molar-refractivity contribution in [2.24, 2.45) is 0 Å². The maximum absolute atomic E-state index is 12.1. The molecule has 27 heavy (non-hydrogen) atoms. The Morgan fingerprint density at radius 2 is 1.96 bits per heavy atom. The second-order valence-electron chi connectivity index (χ2n) is 7.77. The summed E-state index contributed by atoms with van der Waals surface area (Å²) in [5.41, 5.74) is 1.87. The highest BCUT2D eigenvalue weighted by atomic mass is 35.5. The molecule has 0 saturated carbocycles. The summed E-state index contributed by atoms with van der Waals surface area (Å²) in [6.07, 6.45) is -1.47. The van der Waals surface area contributed by atoms with Gasteiger partial charge in [0.2, 0.25) is 0 Å². The molecule has 1 atom stereocenters. The third-order valence-electron chi connectivity index (χ3n) is 4.52. The molecule has 1 fully saturated rings. The summed E-state index contributed by atoms with van der Waals surface area (Å²) in [6, 6.07) is 1.37. The first-order chi connectivity index (χ1) is 12.4. The summed E-state index contributed by atoms with van der Waals surface area (Å²) in [7, 11) is 1.56. The number of benzene rings is 1.